The van der Waals surface area contributed by atoms with Gasteiger partial charge in [-0.1, -0.05) is 54.6 Å². The second kappa shape index (κ2) is 10.8. The van der Waals surface area contributed by atoms with Gasteiger partial charge in [0, 0.05) is 11.3 Å². The van der Waals surface area contributed by atoms with Gasteiger partial charge in [0.1, 0.15) is 4.21 Å². The lowest BCUT2D eigenvalue weighted by Crippen LogP contribution is -2.26. The summed E-state index contributed by atoms with van der Waals surface area (Å²) in [7, 11) is -3.89. The van der Waals surface area contributed by atoms with E-state index in [2.05, 4.69) is 10.0 Å². The van der Waals surface area contributed by atoms with E-state index >= 15 is 0 Å². The summed E-state index contributed by atoms with van der Waals surface area (Å²) in [5, 5.41) is 4.47. The van der Waals surface area contributed by atoms with Crippen molar-refractivity contribution < 1.29 is 22.7 Å². The molecule has 184 valence electrons. The van der Waals surface area contributed by atoms with Gasteiger partial charge in [0.2, 0.25) is 6.10 Å². The van der Waals surface area contributed by atoms with Crippen molar-refractivity contribution in [3.05, 3.63) is 113 Å². The van der Waals surface area contributed by atoms with Gasteiger partial charge in [-0.15, -0.1) is 11.3 Å². The van der Waals surface area contributed by atoms with Gasteiger partial charge in [0.05, 0.1) is 11.3 Å². The minimum absolute atomic E-state index is 0.0160. The van der Waals surface area contributed by atoms with Crippen LogP contribution in [-0.4, -0.2) is 20.3 Å². The molecule has 1 aromatic heterocycles. The summed E-state index contributed by atoms with van der Waals surface area (Å²) in [5.74, 6) is -1.37. The highest BCUT2D eigenvalue weighted by Crippen LogP contribution is 2.27. The van der Waals surface area contributed by atoms with Gasteiger partial charge in [-0.05, 0) is 60.7 Å². The van der Waals surface area contributed by atoms with Crippen molar-refractivity contribution in [2.75, 3.05) is 10.0 Å². The predicted molar refractivity (Wildman–Crippen MR) is 141 cm³/mol. The van der Waals surface area contributed by atoms with Gasteiger partial charge in [0.25, 0.3) is 15.9 Å². The predicted octanol–water partition coefficient (Wildman–Crippen LogP) is 5.70. The number of carbonyl (C=O) groups excluding carboxylic acids is 2. The maximum atomic E-state index is 13.3. The SMILES string of the molecule is Cc1cc(C)cc(NC(=O)[C@@H](OC(=O)c2ccccc2NS(=O)(=O)c2cccs2)c2ccccc2)c1. The zero-order valence-corrected chi connectivity index (χ0v) is 21.2. The molecule has 4 aromatic rings. The molecule has 0 bridgehead atoms. The third-order valence-electron chi connectivity index (χ3n) is 5.21. The van der Waals surface area contributed by atoms with Crippen molar-refractivity contribution in [1.29, 1.82) is 0 Å². The van der Waals surface area contributed by atoms with Gasteiger partial charge >= 0.3 is 5.97 Å². The number of thiophene rings is 1. The number of sulfonamides is 1. The Labute approximate surface area is 213 Å². The van der Waals surface area contributed by atoms with Crippen molar-refractivity contribution >= 4 is 44.6 Å². The molecule has 0 fully saturated rings. The fourth-order valence-electron chi connectivity index (χ4n) is 3.69. The Morgan fingerprint density at radius 1 is 0.861 bits per heavy atom. The van der Waals surface area contributed by atoms with E-state index in [-0.39, 0.29) is 15.5 Å². The number of aryl methyl sites for hydroxylation is 2. The van der Waals surface area contributed by atoms with Crippen LogP contribution in [0.15, 0.2) is 94.5 Å². The van der Waals surface area contributed by atoms with E-state index < -0.39 is 28.0 Å². The van der Waals surface area contributed by atoms with Gasteiger partial charge in [0.15, 0.2) is 0 Å². The number of esters is 1. The maximum Gasteiger partial charge on any atom is 0.341 e. The molecule has 36 heavy (non-hydrogen) atoms. The molecule has 0 unspecified atom stereocenters. The molecule has 3 aromatic carbocycles. The lowest BCUT2D eigenvalue weighted by molar-refractivity contribution is -0.125. The Balaban J connectivity index is 1.61. The van der Waals surface area contributed by atoms with E-state index in [1.807, 2.05) is 32.0 Å². The highest BCUT2D eigenvalue weighted by atomic mass is 32.2. The second-order valence-electron chi connectivity index (χ2n) is 8.14. The number of carbonyl (C=O) groups is 2. The number of rotatable bonds is 8. The van der Waals surface area contributed by atoms with E-state index in [9.17, 15) is 18.0 Å². The van der Waals surface area contributed by atoms with Crippen LogP contribution in [0.4, 0.5) is 11.4 Å². The molecule has 2 N–H and O–H groups in total. The first-order chi connectivity index (χ1) is 17.2. The first-order valence-corrected chi connectivity index (χ1v) is 13.4. The molecule has 1 amide bonds. The van der Waals surface area contributed by atoms with Crippen molar-refractivity contribution in [2.45, 2.75) is 24.2 Å². The van der Waals surface area contributed by atoms with Crippen LogP contribution in [0.2, 0.25) is 0 Å². The molecule has 0 aliphatic carbocycles. The third-order valence-corrected chi connectivity index (χ3v) is 7.97. The molecule has 0 radical (unpaired) electrons. The maximum absolute atomic E-state index is 13.3. The topological polar surface area (TPSA) is 102 Å². The zero-order chi connectivity index (χ0) is 25.7. The molecule has 1 heterocycles. The van der Waals surface area contributed by atoms with Crippen LogP contribution >= 0.6 is 11.3 Å². The molecule has 7 nitrogen and oxygen atoms in total. The Bertz CT molecular complexity index is 1460. The minimum Gasteiger partial charge on any atom is -0.444 e. The lowest BCUT2D eigenvalue weighted by atomic mass is 10.1. The number of anilines is 2. The number of ether oxygens (including phenoxy) is 1. The molecule has 0 aliphatic heterocycles. The lowest BCUT2D eigenvalue weighted by Gasteiger charge is -2.19. The molecule has 0 saturated heterocycles. The van der Waals surface area contributed by atoms with E-state index in [1.54, 1.807) is 53.9 Å². The summed E-state index contributed by atoms with van der Waals surface area (Å²) in [6, 6.07) is 23.5. The molecule has 9 heteroatoms. The van der Waals surface area contributed by atoms with E-state index in [0.717, 1.165) is 22.5 Å². The summed E-state index contributed by atoms with van der Waals surface area (Å²) in [6.07, 6.45) is -1.26. The summed E-state index contributed by atoms with van der Waals surface area (Å²) >= 11 is 1.06. The van der Waals surface area contributed by atoms with Gasteiger partial charge in [-0.2, -0.15) is 0 Å². The summed E-state index contributed by atoms with van der Waals surface area (Å²) in [6.45, 7) is 3.84. The summed E-state index contributed by atoms with van der Waals surface area (Å²) < 4.78 is 33.7. The quantitative estimate of drug-likeness (QED) is 0.290. The average molecular weight is 521 g/mol. The fraction of sp³-hybridized carbons (Fsp3) is 0.111. The van der Waals surface area contributed by atoms with Crippen molar-refractivity contribution in [3.8, 4) is 0 Å². The standard InChI is InChI=1S/C27H24N2O5S2/c1-18-15-19(2)17-21(16-18)28-26(30)25(20-9-4-3-5-10-20)34-27(31)22-11-6-7-12-23(22)29-36(32,33)24-13-8-14-35-24/h3-17,25,29H,1-2H3,(H,28,30)/t25-/m0/s1. The first kappa shape index (κ1) is 25.2. The Hall–Kier alpha value is -3.95. The average Bonchev–Trinajstić information content (AvgIpc) is 3.39. The van der Waals surface area contributed by atoms with Crippen LogP contribution in [-0.2, 0) is 19.6 Å². The molecular formula is C27H24N2O5S2. The number of nitrogens with one attached hydrogen (secondary N) is 2. The summed E-state index contributed by atoms with van der Waals surface area (Å²) in [5.41, 5.74) is 3.05. The molecule has 1 atom stereocenters. The third kappa shape index (κ3) is 5.99. The number of benzene rings is 3. The van der Waals surface area contributed by atoms with Gasteiger partial charge < -0.3 is 10.1 Å². The molecule has 4 rings (SSSR count). The largest absolute Gasteiger partial charge is 0.444 e. The van der Waals surface area contributed by atoms with E-state index in [1.165, 1.54) is 18.2 Å². The molecule has 0 spiro atoms. The normalized spacial score (nSPS) is 11.9. The highest BCUT2D eigenvalue weighted by Gasteiger charge is 2.28. The smallest absolute Gasteiger partial charge is 0.341 e. The second-order valence-corrected chi connectivity index (χ2v) is 11.0. The Morgan fingerprint density at radius 3 is 2.19 bits per heavy atom. The van der Waals surface area contributed by atoms with Crippen molar-refractivity contribution in [3.63, 3.8) is 0 Å². The Morgan fingerprint density at radius 2 is 1.53 bits per heavy atom. The monoisotopic (exact) mass is 520 g/mol. The number of para-hydroxylation sites is 1. The van der Waals surface area contributed by atoms with Crippen LogP contribution in [0.25, 0.3) is 0 Å². The van der Waals surface area contributed by atoms with Gasteiger partial charge in [-0.25, -0.2) is 13.2 Å². The fourth-order valence-corrected chi connectivity index (χ4v) is 5.76. The molecule has 0 aliphatic rings. The van der Waals surface area contributed by atoms with Crippen LogP contribution in [0.3, 0.4) is 0 Å². The Kier molecular flexibility index (Phi) is 7.52. The van der Waals surface area contributed by atoms with Crippen molar-refractivity contribution in [2.24, 2.45) is 0 Å². The first-order valence-electron chi connectivity index (χ1n) is 11.0. The molecule has 0 saturated carbocycles. The van der Waals surface area contributed by atoms with E-state index in [4.69, 9.17) is 4.74 Å². The number of amides is 1. The zero-order valence-electron chi connectivity index (χ0n) is 19.6. The van der Waals surface area contributed by atoms with Crippen LogP contribution in [0.5, 0.6) is 0 Å². The number of hydrogen-bond acceptors (Lipinski definition) is 6. The van der Waals surface area contributed by atoms with Gasteiger partial charge in [-0.3, -0.25) is 9.52 Å². The van der Waals surface area contributed by atoms with Crippen LogP contribution in [0, 0.1) is 13.8 Å². The van der Waals surface area contributed by atoms with E-state index in [0.29, 0.717) is 11.3 Å². The highest BCUT2D eigenvalue weighted by molar-refractivity contribution is 7.94. The minimum atomic E-state index is -3.89. The summed E-state index contributed by atoms with van der Waals surface area (Å²) in [4.78, 5) is 26.5. The van der Waals surface area contributed by atoms with Crippen molar-refractivity contribution in [1.82, 2.24) is 0 Å². The van der Waals surface area contributed by atoms with Crippen LogP contribution < -0.4 is 10.0 Å². The molecular weight excluding hydrogens is 496 g/mol. The van der Waals surface area contributed by atoms with Crippen LogP contribution in [0.1, 0.15) is 33.2 Å². The number of hydrogen-bond donors (Lipinski definition) is 2.